The number of benzene rings is 1. The Bertz CT molecular complexity index is 656. The van der Waals surface area contributed by atoms with Gasteiger partial charge in [0.1, 0.15) is 5.82 Å². The number of guanidine groups is 1. The summed E-state index contributed by atoms with van der Waals surface area (Å²) in [6.07, 6.45) is 3.47. The van der Waals surface area contributed by atoms with Crippen LogP contribution in [0.1, 0.15) is 12.5 Å². The average molecular weight is 270 g/mol. The summed E-state index contributed by atoms with van der Waals surface area (Å²) in [5.74, 6) is 0.106. The lowest BCUT2D eigenvalue weighted by Crippen LogP contribution is -2.47. The van der Waals surface area contributed by atoms with Crippen LogP contribution in [0.2, 0.25) is 0 Å². The molecule has 0 saturated heterocycles. The Labute approximate surface area is 116 Å². The molecule has 0 radical (unpaired) electrons. The highest BCUT2D eigenvalue weighted by atomic mass is 19.1. The fourth-order valence-electron chi connectivity index (χ4n) is 2.59. The number of anilines is 1. The summed E-state index contributed by atoms with van der Waals surface area (Å²) in [6, 6.07) is 10.2. The minimum atomic E-state index is -0.430. The monoisotopic (exact) mass is 270 g/mol. The third-order valence-electron chi connectivity index (χ3n) is 3.64. The Kier molecular flexibility index (Phi) is 2.89. The molecule has 1 aromatic heterocycles. The van der Waals surface area contributed by atoms with Crippen LogP contribution in [0.4, 0.5) is 10.1 Å². The number of rotatable bonds is 2. The van der Waals surface area contributed by atoms with Crippen molar-refractivity contribution in [1.82, 2.24) is 4.98 Å². The summed E-state index contributed by atoms with van der Waals surface area (Å²) in [4.78, 5) is 10.2. The molecule has 0 bridgehead atoms. The zero-order valence-corrected chi connectivity index (χ0v) is 11.1. The van der Waals surface area contributed by atoms with E-state index in [2.05, 4.69) is 9.98 Å². The van der Waals surface area contributed by atoms with E-state index >= 15 is 0 Å². The predicted molar refractivity (Wildman–Crippen MR) is 77.0 cm³/mol. The van der Waals surface area contributed by atoms with Crippen LogP contribution in [-0.2, 0) is 5.54 Å². The summed E-state index contributed by atoms with van der Waals surface area (Å²) in [6.45, 7) is 2.57. The van der Waals surface area contributed by atoms with E-state index in [4.69, 9.17) is 5.73 Å². The Balaban J connectivity index is 2.09. The van der Waals surface area contributed by atoms with E-state index in [1.165, 1.54) is 12.1 Å². The molecule has 2 heterocycles. The van der Waals surface area contributed by atoms with Crippen molar-refractivity contribution in [2.75, 3.05) is 11.4 Å². The Morgan fingerprint density at radius 1 is 1.25 bits per heavy atom. The number of halogens is 1. The molecule has 2 N–H and O–H groups in total. The molecule has 1 aromatic carbocycles. The highest BCUT2D eigenvalue weighted by molar-refractivity contribution is 5.98. The van der Waals surface area contributed by atoms with Gasteiger partial charge in [-0.25, -0.2) is 4.39 Å². The first-order chi connectivity index (χ1) is 9.61. The zero-order chi connectivity index (χ0) is 14.2. The molecule has 1 aliphatic heterocycles. The van der Waals surface area contributed by atoms with Gasteiger partial charge in [0.15, 0.2) is 5.96 Å². The third kappa shape index (κ3) is 1.91. The van der Waals surface area contributed by atoms with Crippen molar-refractivity contribution in [1.29, 1.82) is 0 Å². The quantitative estimate of drug-likeness (QED) is 0.910. The predicted octanol–water partition coefficient (Wildman–Crippen LogP) is 2.27. The first-order valence-electron chi connectivity index (χ1n) is 6.37. The van der Waals surface area contributed by atoms with Gasteiger partial charge in [-0.15, -0.1) is 0 Å². The first-order valence-corrected chi connectivity index (χ1v) is 6.37. The molecule has 0 amide bonds. The number of nitrogens with zero attached hydrogens (tertiary/aromatic N) is 3. The highest BCUT2D eigenvalue weighted by Crippen LogP contribution is 2.36. The van der Waals surface area contributed by atoms with Crippen LogP contribution >= 0.6 is 0 Å². The highest BCUT2D eigenvalue weighted by Gasteiger charge is 2.40. The molecule has 5 heteroatoms. The number of hydrogen-bond donors (Lipinski definition) is 1. The fraction of sp³-hybridized carbons (Fsp3) is 0.200. The number of aliphatic imine (C=N–C) groups is 1. The summed E-state index contributed by atoms with van der Waals surface area (Å²) in [5.41, 5.74) is 7.32. The van der Waals surface area contributed by atoms with Crippen molar-refractivity contribution >= 4 is 11.6 Å². The zero-order valence-electron chi connectivity index (χ0n) is 11.1. The molecule has 0 spiro atoms. The molecule has 1 unspecified atom stereocenters. The van der Waals surface area contributed by atoms with Crippen molar-refractivity contribution < 1.29 is 4.39 Å². The van der Waals surface area contributed by atoms with E-state index in [-0.39, 0.29) is 5.82 Å². The molecule has 1 aliphatic rings. The van der Waals surface area contributed by atoms with E-state index in [1.54, 1.807) is 18.5 Å². The standard InChI is InChI=1S/C15H15FN4/c1-15(11-5-7-18-8-6-11)10-19-14(17)20(15)13-4-2-3-12(16)9-13/h2-9H,10H2,1H3,(H2,17,19). The van der Waals surface area contributed by atoms with E-state index in [9.17, 15) is 4.39 Å². The van der Waals surface area contributed by atoms with Crippen molar-refractivity contribution in [3.8, 4) is 0 Å². The second-order valence-corrected chi connectivity index (χ2v) is 5.00. The molecular formula is C15H15FN4. The van der Waals surface area contributed by atoms with Gasteiger partial charge in [0.05, 0.1) is 12.1 Å². The number of hydrogen-bond acceptors (Lipinski definition) is 4. The topological polar surface area (TPSA) is 54.5 Å². The number of nitrogens with two attached hydrogens (primary N) is 1. The van der Waals surface area contributed by atoms with Crippen molar-refractivity contribution in [3.05, 3.63) is 60.2 Å². The van der Waals surface area contributed by atoms with E-state index in [1.807, 2.05) is 30.0 Å². The second kappa shape index (κ2) is 4.59. The maximum atomic E-state index is 13.5. The van der Waals surface area contributed by atoms with Gasteiger partial charge in [-0.3, -0.25) is 9.98 Å². The van der Waals surface area contributed by atoms with E-state index in [0.717, 1.165) is 5.56 Å². The number of aromatic nitrogens is 1. The maximum Gasteiger partial charge on any atom is 0.196 e. The van der Waals surface area contributed by atoms with Crippen LogP contribution in [-0.4, -0.2) is 17.5 Å². The van der Waals surface area contributed by atoms with E-state index in [0.29, 0.717) is 18.2 Å². The molecular weight excluding hydrogens is 255 g/mol. The SMILES string of the molecule is CC1(c2ccncc2)CN=C(N)N1c1cccc(F)c1. The second-order valence-electron chi connectivity index (χ2n) is 5.00. The van der Waals surface area contributed by atoms with Crippen LogP contribution < -0.4 is 10.6 Å². The lowest BCUT2D eigenvalue weighted by Gasteiger charge is -2.36. The average Bonchev–Trinajstić information content (AvgIpc) is 2.77. The van der Waals surface area contributed by atoms with Gasteiger partial charge in [-0.2, -0.15) is 0 Å². The summed E-state index contributed by atoms with van der Waals surface area (Å²) < 4.78 is 13.5. The van der Waals surface area contributed by atoms with Crippen molar-refractivity contribution in [3.63, 3.8) is 0 Å². The molecule has 3 rings (SSSR count). The van der Waals surface area contributed by atoms with Crippen LogP contribution in [0.25, 0.3) is 0 Å². The van der Waals surface area contributed by atoms with Crippen LogP contribution in [0.15, 0.2) is 53.8 Å². The Morgan fingerprint density at radius 2 is 2.00 bits per heavy atom. The number of pyridine rings is 1. The first kappa shape index (κ1) is 12.6. The molecule has 0 fully saturated rings. The van der Waals surface area contributed by atoms with Gasteiger partial charge in [-0.1, -0.05) is 6.07 Å². The molecule has 102 valence electrons. The molecule has 4 nitrogen and oxygen atoms in total. The minimum absolute atomic E-state index is 0.292. The summed E-state index contributed by atoms with van der Waals surface area (Å²) in [7, 11) is 0. The summed E-state index contributed by atoms with van der Waals surface area (Å²) in [5, 5.41) is 0. The normalized spacial score (nSPS) is 21.9. The molecule has 0 aliphatic carbocycles. The van der Waals surface area contributed by atoms with Crippen LogP contribution in [0.5, 0.6) is 0 Å². The molecule has 20 heavy (non-hydrogen) atoms. The van der Waals surface area contributed by atoms with Gasteiger partial charge in [0, 0.05) is 18.1 Å². The lowest BCUT2D eigenvalue weighted by molar-refractivity contribution is 0.530. The molecule has 2 aromatic rings. The van der Waals surface area contributed by atoms with E-state index < -0.39 is 5.54 Å². The van der Waals surface area contributed by atoms with Gasteiger partial charge in [0.25, 0.3) is 0 Å². The van der Waals surface area contributed by atoms with Gasteiger partial charge in [-0.05, 0) is 42.8 Å². The Morgan fingerprint density at radius 3 is 2.70 bits per heavy atom. The van der Waals surface area contributed by atoms with Gasteiger partial charge in [0.2, 0.25) is 0 Å². The largest absolute Gasteiger partial charge is 0.369 e. The van der Waals surface area contributed by atoms with Crippen molar-refractivity contribution in [2.45, 2.75) is 12.5 Å². The third-order valence-corrected chi connectivity index (χ3v) is 3.64. The van der Waals surface area contributed by atoms with Crippen LogP contribution in [0, 0.1) is 5.82 Å². The maximum absolute atomic E-state index is 13.5. The lowest BCUT2D eigenvalue weighted by atomic mass is 9.91. The van der Waals surface area contributed by atoms with Gasteiger partial charge >= 0.3 is 0 Å². The molecule has 0 saturated carbocycles. The smallest absolute Gasteiger partial charge is 0.196 e. The van der Waals surface area contributed by atoms with Crippen LogP contribution in [0.3, 0.4) is 0 Å². The summed E-state index contributed by atoms with van der Waals surface area (Å²) >= 11 is 0. The van der Waals surface area contributed by atoms with Gasteiger partial charge < -0.3 is 10.6 Å². The van der Waals surface area contributed by atoms with Crippen molar-refractivity contribution in [2.24, 2.45) is 10.7 Å². The Hall–Kier alpha value is -2.43. The molecule has 1 atom stereocenters. The minimum Gasteiger partial charge on any atom is -0.369 e. The fourth-order valence-corrected chi connectivity index (χ4v) is 2.59.